The molecule has 10 heteroatoms. The number of benzene rings is 1. The maximum atomic E-state index is 13.3. The standard InChI is InChI=1S/C21H18N4O6/c1-22-17-15(20(26)23(2)21(22)27)16(12-5-3-6-13(11-12)25(28)29)24-8-10-31-19(18(17)24)14-7-4-9-30-14/h3-7,9,11,19H,8,10H2,1-2H3. The van der Waals surface area contributed by atoms with Gasteiger partial charge in [-0.05, 0) is 12.1 Å². The van der Waals surface area contributed by atoms with Crippen molar-refractivity contribution in [3.63, 3.8) is 0 Å². The second-order valence-corrected chi connectivity index (χ2v) is 7.39. The minimum absolute atomic E-state index is 0.0857. The van der Waals surface area contributed by atoms with Gasteiger partial charge in [-0.1, -0.05) is 12.1 Å². The van der Waals surface area contributed by atoms with Crippen LogP contribution in [0, 0.1) is 10.1 Å². The highest BCUT2D eigenvalue weighted by atomic mass is 16.6. The first-order valence-corrected chi connectivity index (χ1v) is 9.62. The van der Waals surface area contributed by atoms with Gasteiger partial charge >= 0.3 is 5.69 Å². The summed E-state index contributed by atoms with van der Waals surface area (Å²) in [6.45, 7) is 0.756. The lowest BCUT2D eigenvalue weighted by molar-refractivity contribution is -0.384. The second-order valence-electron chi connectivity index (χ2n) is 7.39. The van der Waals surface area contributed by atoms with E-state index in [0.717, 1.165) is 4.57 Å². The van der Waals surface area contributed by atoms with Gasteiger partial charge in [0, 0.05) is 38.3 Å². The third-order valence-corrected chi connectivity index (χ3v) is 5.68. The number of fused-ring (bicyclic) bond motifs is 3. The normalized spacial score (nSPS) is 15.9. The quantitative estimate of drug-likeness (QED) is 0.370. The van der Waals surface area contributed by atoms with Gasteiger partial charge < -0.3 is 13.7 Å². The Labute approximate surface area is 174 Å². The van der Waals surface area contributed by atoms with Gasteiger partial charge in [-0.25, -0.2) is 4.79 Å². The molecule has 0 saturated heterocycles. The molecule has 0 aliphatic carbocycles. The summed E-state index contributed by atoms with van der Waals surface area (Å²) in [5, 5.41) is 11.7. The van der Waals surface area contributed by atoms with E-state index in [4.69, 9.17) is 9.15 Å². The molecule has 1 aliphatic heterocycles. The van der Waals surface area contributed by atoms with Crippen LogP contribution in [0.3, 0.4) is 0 Å². The summed E-state index contributed by atoms with van der Waals surface area (Å²) in [6, 6.07) is 9.64. The first-order valence-electron chi connectivity index (χ1n) is 9.62. The molecule has 0 saturated carbocycles. The molecule has 0 N–H and O–H groups in total. The zero-order chi connectivity index (χ0) is 21.9. The van der Waals surface area contributed by atoms with E-state index in [0.29, 0.717) is 46.8 Å². The highest BCUT2D eigenvalue weighted by Gasteiger charge is 2.34. The van der Waals surface area contributed by atoms with Crippen molar-refractivity contribution < 1.29 is 14.1 Å². The number of aromatic nitrogens is 3. The van der Waals surface area contributed by atoms with Crippen molar-refractivity contribution in [3.05, 3.63) is 85.1 Å². The number of rotatable bonds is 3. The van der Waals surface area contributed by atoms with Gasteiger partial charge in [0.25, 0.3) is 11.2 Å². The van der Waals surface area contributed by atoms with Gasteiger partial charge in [0.1, 0.15) is 5.76 Å². The van der Waals surface area contributed by atoms with Crippen molar-refractivity contribution in [3.8, 4) is 11.3 Å². The minimum atomic E-state index is -0.628. The number of hydrogen-bond donors (Lipinski definition) is 0. The van der Waals surface area contributed by atoms with E-state index >= 15 is 0 Å². The van der Waals surface area contributed by atoms with E-state index in [9.17, 15) is 19.7 Å². The molecule has 0 radical (unpaired) electrons. The Morgan fingerprint density at radius 2 is 1.94 bits per heavy atom. The number of nitro benzene ring substituents is 1. The van der Waals surface area contributed by atoms with Crippen LogP contribution in [0.2, 0.25) is 0 Å². The van der Waals surface area contributed by atoms with Gasteiger partial charge in [-0.15, -0.1) is 0 Å². The summed E-state index contributed by atoms with van der Waals surface area (Å²) in [6.07, 6.45) is 0.902. The van der Waals surface area contributed by atoms with E-state index in [1.54, 1.807) is 31.3 Å². The number of ether oxygens (including phenoxy) is 1. The highest BCUT2D eigenvalue weighted by Crippen LogP contribution is 2.41. The van der Waals surface area contributed by atoms with E-state index in [1.165, 1.54) is 30.0 Å². The molecule has 0 fully saturated rings. The molecular formula is C21H18N4O6. The molecule has 4 heterocycles. The zero-order valence-corrected chi connectivity index (χ0v) is 16.8. The Balaban J connectivity index is 1.96. The molecule has 10 nitrogen and oxygen atoms in total. The van der Waals surface area contributed by atoms with Crippen molar-refractivity contribution in [2.45, 2.75) is 12.6 Å². The van der Waals surface area contributed by atoms with E-state index in [-0.39, 0.29) is 5.69 Å². The summed E-state index contributed by atoms with van der Waals surface area (Å²) in [4.78, 5) is 36.9. The Morgan fingerprint density at radius 3 is 2.65 bits per heavy atom. The van der Waals surface area contributed by atoms with Crippen molar-refractivity contribution in [1.29, 1.82) is 0 Å². The van der Waals surface area contributed by atoms with Crippen molar-refractivity contribution in [1.82, 2.24) is 13.7 Å². The second kappa shape index (κ2) is 6.81. The summed E-state index contributed by atoms with van der Waals surface area (Å²) in [5.74, 6) is 0.541. The Hall–Kier alpha value is -3.92. The molecule has 1 aliphatic rings. The average Bonchev–Trinajstić information content (AvgIpc) is 3.42. The van der Waals surface area contributed by atoms with Crippen LogP contribution in [0.4, 0.5) is 5.69 Å². The summed E-state index contributed by atoms with van der Waals surface area (Å²) in [5.41, 5.74) is 1.04. The molecule has 1 aromatic carbocycles. The molecule has 1 unspecified atom stereocenters. The van der Waals surface area contributed by atoms with Crippen LogP contribution in [0.25, 0.3) is 22.2 Å². The van der Waals surface area contributed by atoms with Crippen LogP contribution < -0.4 is 11.2 Å². The Kier molecular flexibility index (Phi) is 4.19. The third kappa shape index (κ3) is 2.68. The van der Waals surface area contributed by atoms with Gasteiger partial charge in [0.15, 0.2) is 6.10 Å². The largest absolute Gasteiger partial charge is 0.466 e. The van der Waals surface area contributed by atoms with Crippen LogP contribution >= 0.6 is 0 Å². The van der Waals surface area contributed by atoms with E-state index in [1.807, 2.05) is 4.57 Å². The zero-order valence-electron chi connectivity index (χ0n) is 16.8. The average molecular weight is 422 g/mol. The molecule has 3 aromatic heterocycles. The van der Waals surface area contributed by atoms with Crippen LogP contribution in [0.15, 0.2) is 56.7 Å². The molecule has 0 spiro atoms. The number of non-ortho nitro benzene ring substituents is 1. The lowest BCUT2D eigenvalue weighted by Gasteiger charge is -2.26. The molecule has 158 valence electrons. The molecular weight excluding hydrogens is 404 g/mol. The minimum Gasteiger partial charge on any atom is -0.466 e. The summed E-state index contributed by atoms with van der Waals surface area (Å²) < 4.78 is 15.9. The van der Waals surface area contributed by atoms with Crippen LogP contribution in [0.5, 0.6) is 0 Å². The monoisotopic (exact) mass is 422 g/mol. The molecule has 0 bridgehead atoms. The SMILES string of the molecule is Cn1c(=O)c2c(-c3cccc([N+](=O)[O-])c3)n3c(c2n(C)c1=O)C(c1ccco1)OCC3. The number of hydrogen-bond acceptors (Lipinski definition) is 6. The van der Waals surface area contributed by atoms with Gasteiger partial charge in [0.05, 0.1) is 40.1 Å². The fraction of sp³-hybridized carbons (Fsp3) is 0.238. The highest BCUT2D eigenvalue weighted by molar-refractivity contribution is 5.96. The van der Waals surface area contributed by atoms with Gasteiger partial charge in [-0.2, -0.15) is 0 Å². The number of nitrogens with zero attached hydrogens (tertiary/aromatic N) is 4. The smallest absolute Gasteiger partial charge is 0.331 e. The van der Waals surface area contributed by atoms with E-state index < -0.39 is 22.3 Å². The van der Waals surface area contributed by atoms with E-state index in [2.05, 4.69) is 0 Å². The first-order chi connectivity index (χ1) is 14.9. The predicted octanol–water partition coefficient (Wildman–Crippen LogP) is 2.33. The molecule has 5 rings (SSSR count). The molecule has 0 amide bonds. The fourth-order valence-electron chi connectivity index (χ4n) is 4.30. The predicted molar refractivity (Wildman–Crippen MR) is 111 cm³/mol. The van der Waals surface area contributed by atoms with Gasteiger partial charge in [-0.3, -0.25) is 24.0 Å². The lowest BCUT2D eigenvalue weighted by atomic mass is 10.1. The van der Waals surface area contributed by atoms with Gasteiger partial charge in [0.2, 0.25) is 0 Å². The number of nitro groups is 1. The fourth-order valence-corrected chi connectivity index (χ4v) is 4.30. The molecule has 4 aromatic rings. The lowest BCUT2D eigenvalue weighted by Crippen LogP contribution is -2.37. The summed E-state index contributed by atoms with van der Waals surface area (Å²) in [7, 11) is 3.01. The topological polar surface area (TPSA) is 114 Å². The molecule has 31 heavy (non-hydrogen) atoms. The van der Waals surface area contributed by atoms with Crippen molar-refractivity contribution in [2.24, 2.45) is 14.1 Å². The Morgan fingerprint density at radius 1 is 1.13 bits per heavy atom. The van der Waals surface area contributed by atoms with Crippen LogP contribution in [-0.4, -0.2) is 25.2 Å². The van der Waals surface area contributed by atoms with Crippen LogP contribution in [0.1, 0.15) is 17.6 Å². The number of aryl methyl sites for hydroxylation is 1. The molecule has 1 atom stereocenters. The number of furan rings is 1. The summed E-state index contributed by atoms with van der Waals surface area (Å²) >= 11 is 0. The third-order valence-electron chi connectivity index (χ3n) is 5.68. The van der Waals surface area contributed by atoms with Crippen molar-refractivity contribution >= 4 is 16.6 Å². The van der Waals surface area contributed by atoms with Crippen molar-refractivity contribution in [2.75, 3.05) is 6.61 Å². The van der Waals surface area contributed by atoms with Crippen LogP contribution in [-0.2, 0) is 25.4 Å². The first kappa shape index (κ1) is 19.1. The Bertz CT molecular complexity index is 1460. The maximum Gasteiger partial charge on any atom is 0.331 e. The maximum absolute atomic E-state index is 13.3.